The van der Waals surface area contributed by atoms with Gasteiger partial charge in [-0.25, -0.2) is 0 Å². The number of phenolic OH excluding ortho intramolecular Hbond substituents is 2. The Morgan fingerprint density at radius 2 is 1.67 bits per heavy atom. The predicted molar refractivity (Wildman–Crippen MR) is 73.8 cm³/mol. The molecule has 0 atom stereocenters. The summed E-state index contributed by atoms with van der Waals surface area (Å²) in [6, 6.07) is 11.3. The van der Waals surface area contributed by atoms with E-state index in [-0.39, 0.29) is 11.5 Å². The fraction of sp³-hybridized carbons (Fsp3) is 0.125. The molecule has 2 N–H and O–H groups in total. The van der Waals surface area contributed by atoms with Gasteiger partial charge >= 0.3 is 0 Å². The molecular weight excluding hydrogens is 224 g/mol. The highest BCUT2D eigenvalue weighted by Gasteiger charge is 2.10. The highest BCUT2D eigenvalue weighted by Crippen LogP contribution is 2.34. The van der Waals surface area contributed by atoms with Crippen molar-refractivity contribution in [3.8, 4) is 11.5 Å². The monoisotopic (exact) mass is 240 g/mol. The third-order valence-corrected chi connectivity index (χ3v) is 3.10. The maximum absolute atomic E-state index is 9.65. The average molecular weight is 240 g/mol. The van der Waals surface area contributed by atoms with Crippen molar-refractivity contribution in [1.29, 1.82) is 0 Å². The van der Waals surface area contributed by atoms with Crippen molar-refractivity contribution in [2.45, 2.75) is 13.8 Å². The second-order valence-corrected chi connectivity index (χ2v) is 4.45. The summed E-state index contributed by atoms with van der Waals surface area (Å²) in [7, 11) is 0. The molecule has 0 aliphatic rings. The van der Waals surface area contributed by atoms with E-state index >= 15 is 0 Å². The van der Waals surface area contributed by atoms with Crippen LogP contribution >= 0.6 is 0 Å². The Balaban J connectivity index is 2.51. The topological polar surface area (TPSA) is 40.5 Å². The molecule has 0 saturated heterocycles. The summed E-state index contributed by atoms with van der Waals surface area (Å²) in [4.78, 5) is 0. The Morgan fingerprint density at radius 3 is 2.28 bits per heavy atom. The van der Waals surface area contributed by atoms with Gasteiger partial charge in [0.25, 0.3) is 0 Å². The van der Waals surface area contributed by atoms with Crippen LogP contribution in [-0.4, -0.2) is 10.2 Å². The summed E-state index contributed by atoms with van der Waals surface area (Å²) >= 11 is 0. The number of phenols is 2. The minimum atomic E-state index is -0.111. The Bertz CT molecular complexity index is 589. The molecule has 2 aromatic rings. The standard InChI is InChI=1S/C16H16O2/c1-10-6-4-5-7-14(10)12(3)13-8-11(2)16(18)15(17)9-13/h4-9,17-18H,3H2,1-2H3. The maximum atomic E-state index is 9.65. The van der Waals surface area contributed by atoms with Crippen LogP contribution in [0.5, 0.6) is 11.5 Å². The van der Waals surface area contributed by atoms with Gasteiger partial charge in [0.2, 0.25) is 0 Å². The molecule has 0 unspecified atom stereocenters. The minimum Gasteiger partial charge on any atom is -0.504 e. The Morgan fingerprint density at radius 1 is 1.00 bits per heavy atom. The van der Waals surface area contributed by atoms with Crippen molar-refractivity contribution in [2.24, 2.45) is 0 Å². The molecule has 0 spiro atoms. The minimum absolute atomic E-state index is 0.0728. The molecule has 0 aliphatic carbocycles. The number of aromatic hydroxyl groups is 2. The Labute approximate surface area is 107 Å². The quantitative estimate of drug-likeness (QED) is 0.784. The van der Waals surface area contributed by atoms with Crippen molar-refractivity contribution in [1.82, 2.24) is 0 Å². The van der Waals surface area contributed by atoms with Crippen LogP contribution in [0, 0.1) is 13.8 Å². The van der Waals surface area contributed by atoms with Crippen LogP contribution in [0.25, 0.3) is 5.57 Å². The van der Waals surface area contributed by atoms with Gasteiger partial charge in [0, 0.05) is 0 Å². The normalized spacial score (nSPS) is 10.3. The van der Waals surface area contributed by atoms with Crippen molar-refractivity contribution >= 4 is 5.57 Å². The van der Waals surface area contributed by atoms with E-state index in [0.717, 1.165) is 22.3 Å². The lowest BCUT2D eigenvalue weighted by Gasteiger charge is -2.12. The molecule has 0 radical (unpaired) electrons. The van der Waals surface area contributed by atoms with E-state index < -0.39 is 0 Å². The second kappa shape index (κ2) is 4.57. The largest absolute Gasteiger partial charge is 0.504 e. The SMILES string of the molecule is C=C(c1cc(C)c(O)c(O)c1)c1ccccc1C. The van der Waals surface area contributed by atoms with E-state index in [1.165, 1.54) is 6.07 Å². The Hall–Kier alpha value is -2.22. The van der Waals surface area contributed by atoms with Crippen LogP contribution in [0.2, 0.25) is 0 Å². The number of hydrogen-bond acceptors (Lipinski definition) is 2. The van der Waals surface area contributed by atoms with E-state index in [4.69, 9.17) is 0 Å². The van der Waals surface area contributed by atoms with Gasteiger partial charge in [-0.1, -0.05) is 30.8 Å². The number of benzene rings is 2. The zero-order chi connectivity index (χ0) is 13.3. The van der Waals surface area contributed by atoms with Gasteiger partial charge in [0.05, 0.1) is 0 Å². The molecule has 18 heavy (non-hydrogen) atoms. The maximum Gasteiger partial charge on any atom is 0.160 e. The molecule has 0 fully saturated rings. The summed E-state index contributed by atoms with van der Waals surface area (Å²) in [6.45, 7) is 7.85. The molecule has 0 aromatic heterocycles. The first-order valence-corrected chi connectivity index (χ1v) is 5.78. The van der Waals surface area contributed by atoms with E-state index in [1.807, 2.05) is 37.3 Å². The first-order chi connectivity index (χ1) is 8.50. The van der Waals surface area contributed by atoms with Gasteiger partial charge in [0.15, 0.2) is 11.5 Å². The van der Waals surface area contributed by atoms with E-state index in [1.54, 1.807) is 6.92 Å². The van der Waals surface area contributed by atoms with Gasteiger partial charge in [-0.2, -0.15) is 0 Å². The summed E-state index contributed by atoms with van der Waals surface area (Å²) in [5, 5.41) is 19.2. The third kappa shape index (κ3) is 2.09. The van der Waals surface area contributed by atoms with E-state index in [2.05, 4.69) is 6.58 Å². The van der Waals surface area contributed by atoms with Crippen LogP contribution in [0.15, 0.2) is 43.0 Å². The number of rotatable bonds is 2. The van der Waals surface area contributed by atoms with Gasteiger partial charge in [-0.05, 0) is 53.8 Å². The average Bonchev–Trinajstić information content (AvgIpc) is 2.35. The lowest BCUT2D eigenvalue weighted by atomic mass is 9.94. The molecule has 2 aromatic carbocycles. The zero-order valence-electron chi connectivity index (χ0n) is 10.6. The molecule has 0 amide bonds. The van der Waals surface area contributed by atoms with Crippen LogP contribution in [0.1, 0.15) is 22.3 Å². The van der Waals surface area contributed by atoms with Crippen molar-refractivity contribution in [3.05, 3.63) is 65.2 Å². The zero-order valence-corrected chi connectivity index (χ0v) is 10.6. The molecule has 0 heterocycles. The highest BCUT2D eigenvalue weighted by atomic mass is 16.3. The summed E-state index contributed by atoms with van der Waals surface area (Å²) < 4.78 is 0. The number of aryl methyl sites for hydroxylation is 2. The first kappa shape index (κ1) is 12.2. The molecule has 0 aliphatic heterocycles. The molecular formula is C16H16O2. The van der Waals surface area contributed by atoms with Gasteiger partial charge < -0.3 is 10.2 Å². The third-order valence-electron chi connectivity index (χ3n) is 3.10. The van der Waals surface area contributed by atoms with E-state index in [0.29, 0.717) is 5.56 Å². The fourth-order valence-electron chi connectivity index (χ4n) is 2.00. The first-order valence-electron chi connectivity index (χ1n) is 5.78. The highest BCUT2D eigenvalue weighted by molar-refractivity contribution is 5.81. The lowest BCUT2D eigenvalue weighted by Crippen LogP contribution is -1.91. The lowest BCUT2D eigenvalue weighted by molar-refractivity contribution is 0.401. The molecule has 2 nitrogen and oxygen atoms in total. The summed E-state index contributed by atoms with van der Waals surface area (Å²) in [5.74, 6) is -0.184. The van der Waals surface area contributed by atoms with Crippen LogP contribution in [-0.2, 0) is 0 Å². The Kier molecular flexibility index (Phi) is 3.11. The van der Waals surface area contributed by atoms with Crippen molar-refractivity contribution in [2.75, 3.05) is 0 Å². The van der Waals surface area contributed by atoms with Crippen LogP contribution < -0.4 is 0 Å². The van der Waals surface area contributed by atoms with Crippen LogP contribution in [0.4, 0.5) is 0 Å². The second-order valence-electron chi connectivity index (χ2n) is 4.45. The van der Waals surface area contributed by atoms with Crippen molar-refractivity contribution in [3.63, 3.8) is 0 Å². The van der Waals surface area contributed by atoms with Crippen molar-refractivity contribution < 1.29 is 10.2 Å². The van der Waals surface area contributed by atoms with Crippen LogP contribution in [0.3, 0.4) is 0 Å². The fourth-order valence-corrected chi connectivity index (χ4v) is 2.00. The molecule has 92 valence electrons. The van der Waals surface area contributed by atoms with Gasteiger partial charge in [-0.3, -0.25) is 0 Å². The predicted octanol–water partition coefficient (Wildman–Crippen LogP) is 3.78. The van der Waals surface area contributed by atoms with E-state index in [9.17, 15) is 10.2 Å². The van der Waals surface area contributed by atoms with Gasteiger partial charge in [0.1, 0.15) is 0 Å². The smallest absolute Gasteiger partial charge is 0.160 e. The van der Waals surface area contributed by atoms with Gasteiger partial charge in [-0.15, -0.1) is 0 Å². The summed E-state index contributed by atoms with van der Waals surface area (Å²) in [6.07, 6.45) is 0. The molecule has 2 rings (SSSR count). The summed E-state index contributed by atoms with van der Waals surface area (Å²) in [5.41, 5.74) is 4.47. The molecule has 0 saturated carbocycles. The number of hydrogen-bond donors (Lipinski definition) is 2. The molecule has 2 heteroatoms. The molecule has 0 bridgehead atoms.